The number of pyridine rings is 1. The van der Waals surface area contributed by atoms with Gasteiger partial charge in [-0.15, -0.1) is 0 Å². The zero-order chi connectivity index (χ0) is 13.1. The summed E-state index contributed by atoms with van der Waals surface area (Å²) in [5.74, 6) is -0.120. The zero-order valence-corrected chi connectivity index (χ0v) is 10.1. The molecule has 0 atom stereocenters. The maximum Gasteiger partial charge on any atom is 0.246 e. The van der Waals surface area contributed by atoms with E-state index in [1.165, 1.54) is 0 Å². The molecule has 0 aliphatic heterocycles. The van der Waals surface area contributed by atoms with Crippen molar-refractivity contribution in [2.24, 2.45) is 0 Å². The van der Waals surface area contributed by atoms with Crippen molar-refractivity contribution in [3.63, 3.8) is 0 Å². The Hall–Kier alpha value is -2.36. The number of carbonyl (C=O) groups is 1. The highest BCUT2D eigenvalue weighted by Crippen LogP contribution is 2.26. The van der Waals surface area contributed by atoms with Crippen LogP contribution in [-0.2, 0) is 11.3 Å². The first-order chi connectivity index (χ1) is 8.59. The van der Waals surface area contributed by atoms with E-state index in [0.717, 1.165) is 5.39 Å². The van der Waals surface area contributed by atoms with Crippen LogP contribution in [0.3, 0.4) is 0 Å². The Morgan fingerprint density at radius 2 is 2.22 bits per heavy atom. The number of rotatable bonds is 3. The smallest absolute Gasteiger partial charge is 0.246 e. The van der Waals surface area contributed by atoms with E-state index >= 15 is 0 Å². The van der Waals surface area contributed by atoms with E-state index in [2.05, 4.69) is 16.9 Å². The molecule has 2 rings (SSSR count). The number of phenolic OH excluding ortho intramolecular Hbond substituents is 1. The summed E-state index contributed by atoms with van der Waals surface area (Å²) < 4.78 is 0. The van der Waals surface area contributed by atoms with Gasteiger partial charge in [-0.25, -0.2) is 0 Å². The second-order valence-corrected chi connectivity index (χ2v) is 4.11. The van der Waals surface area contributed by atoms with E-state index in [-0.39, 0.29) is 18.2 Å². The van der Waals surface area contributed by atoms with Crippen molar-refractivity contribution < 1.29 is 9.90 Å². The van der Waals surface area contributed by atoms with Crippen LogP contribution in [0.4, 0.5) is 0 Å². The van der Waals surface area contributed by atoms with Crippen LogP contribution in [0.25, 0.3) is 10.9 Å². The van der Waals surface area contributed by atoms with Crippen molar-refractivity contribution >= 4 is 16.8 Å². The predicted molar refractivity (Wildman–Crippen MR) is 70.1 cm³/mol. The van der Waals surface area contributed by atoms with E-state index in [1.54, 1.807) is 19.2 Å². The summed E-state index contributed by atoms with van der Waals surface area (Å²) >= 11 is 0. The van der Waals surface area contributed by atoms with Crippen LogP contribution in [0.2, 0.25) is 0 Å². The molecule has 2 N–H and O–H groups in total. The van der Waals surface area contributed by atoms with E-state index in [9.17, 15) is 9.90 Å². The summed E-state index contributed by atoms with van der Waals surface area (Å²) in [5.41, 5.74) is 1.61. The number of fused-ring (bicyclic) bond motifs is 1. The minimum Gasteiger partial charge on any atom is -0.505 e. The Labute approximate surface area is 105 Å². The van der Waals surface area contributed by atoms with Gasteiger partial charge in [0.2, 0.25) is 5.91 Å². The monoisotopic (exact) mass is 242 g/mol. The van der Waals surface area contributed by atoms with Crippen molar-refractivity contribution in [2.75, 3.05) is 0 Å². The number of hydrogen-bond acceptors (Lipinski definition) is 3. The maximum atomic E-state index is 11.4. The van der Waals surface area contributed by atoms with Gasteiger partial charge >= 0.3 is 0 Å². The molecule has 0 unspecified atom stereocenters. The molecule has 4 nitrogen and oxygen atoms in total. The molecule has 18 heavy (non-hydrogen) atoms. The SMILES string of the molecule is C=C(C)C(=O)NCc1ccc2cccnc2c1O. The second-order valence-electron chi connectivity index (χ2n) is 4.11. The Bertz CT molecular complexity index is 620. The summed E-state index contributed by atoms with van der Waals surface area (Å²) in [6.45, 7) is 5.44. The third-order valence-electron chi connectivity index (χ3n) is 2.66. The first kappa shape index (κ1) is 12.1. The number of amides is 1. The fourth-order valence-electron chi connectivity index (χ4n) is 1.64. The summed E-state index contributed by atoms with van der Waals surface area (Å²) in [4.78, 5) is 15.5. The fourth-order valence-corrected chi connectivity index (χ4v) is 1.64. The minimum atomic E-state index is -0.226. The van der Waals surface area contributed by atoms with Crippen molar-refractivity contribution in [1.29, 1.82) is 0 Å². The zero-order valence-electron chi connectivity index (χ0n) is 10.1. The van der Waals surface area contributed by atoms with Gasteiger partial charge < -0.3 is 10.4 Å². The van der Waals surface area contributed by atoms with Crippen LogP contribution in [-0.4, -0.2) is 16.0 Å². The van der Waals surface area contributed by atoms with E-state index in [0.29, 0.717) is 16.7 Å². The molecule has 1 aromatic carbocycles. The van der Waals surface area contributed by atoms with Gasteiger partial charge in [-0.2, -0.15) is 0 Å². The molecular weight excluding hydrogens is 228 g/mol. The van der Waals surface area contributed by atoms with Gasteiger partial charge in [0.1, 0.15) is 11.3 Å². The van der Waals surface area contributed by atoms with Crippen LogP contribution >= 0.6 is 0 Å². The van der Waals surface area contributed by atoms with Gasteiger partial charge in [-0.1, -0.05) is 24.8 Å². The van der Waals surface area contributed by atoms with Gasteiger partial charge in [0.15, 0.2) is 0 Å². The molecule has 0 fully saturated rings. The maximum absolute atomic E-state index is 11.4. The Balaban J connectivity index is 2.27. The van der Waals surface area contributed by atoms with Gasteiger partial charge in [0, 0.05) is 29.3 Å². The van der Waals surface area contributed by atoms with Crippen molar-refractivity contribution in [1.82, 2.24) is 10.3 Å². The number of carbonyl (C=O) groups excluding carboxylic acids is 1. The third kappa shape index (κ3) is 2.32. The van der Waals surface area contributed by atoms with Gasteiger partial charge in [0.05, 0.1) is 0 Å². The van der Waals surface area contributed by atoms with Gasteiger partial charge in [-0.3, -0.25) is 9.78 Å². The lowest BCUT2D eigenvalue weighted by Crippen LogP contribution is -2.23. The second kappa shape index (κ2) is 4.87. The summed E-state index contributed by atoms with van der Waals surface area (Å²) in [7, 11) is 0. The minimum absolute atomic E-state index is 0.107. The number of hydrogen-bond donors (Lipinski definition) is 2. The fraction of sp³-hybridized carbons (Fsp3) is 0.143. The number of phenols is 1. The molecule has 0 saturated carbocycles. The summed E-state index contributed by atoms with van der Waals surface area (Å²) in [5, 5.41) is 13.6. The molecule has 92 valence electrons. The highest BCUT2D eigenvalue weighted by molar-refractivity contribution is 5.92. The highest BCUT2D eigenvalue weighted by atomic mass is 16.3. The molecule has 4 heteroatoms. The number of benzene rings is 1. The quantitative estimate of drug-likeness (QED) is 0.810. The Kier molecular flexibility index (Phi) is 3.28. The molecule has 0 spiro atoms. The molecule has 2 aromatic rings. The average Bonchev–Trinajstić information content (AvgIpc) is 2.38. The van der Waals surface area contributed by atoms with E-state index in [1.807, 2.05) is 18.2 Å². The van der Waals surface area contributed by atoms with Crippen molar-refractivity contribution in [3.05, 3.63) is 48.2 Å². The Morgan fingerprint density at radius 1 is 1.44 bits per heavy atom. The molecule has 1 heterocycles. The van der Waals surface area contributed by atoms with Crippen LogP contribution in [0.1, 0.15) is 12.5 Å². The third-order valence-corrected chi connectivity index (χ3v) is 2.66. The molecule has 0 radical (unpaired) electrons. The van der Waals surface area contributed by atoms with E-state index < -0.39 is 0 Å². The average molecular weight is 242 g/mol. The topological polar surface area (TPSA) is 62.2 Å². The summed E-state index contributed by atoms with van der Waals surface area (Å²) in [6.07, 6.45) is 1.62. The number of aromatic nitrogens is 1. The number of nitrogens with zero attached hydrogens (tertiary/aromatic N) is 1. The first-order valence-electron chi connectivity index (χ1n) is 5.59. The predicted octanol–water partition coefficient (Wildman–Crippen LogP) is 2.13. The molecule has 1 aromatic heterocycles. The highest BCUT2D eigenvalue weighted by Gasteiger charge is 2.08. The number of nitrogens with one attached hydrogen (secondary N) is 1. The number of aromatic hydroxyl groups is 1. The van der Waals surface area contributed by atoms with Gasteiger partial charge in [0.25, 0.3) is 0 Å². The van der Waals surface area contributed by atoms with Crippen molar-refractivity contribution in [3.8, 4) is 5.75 Å². The lowest BCUT2D eigenvalue weighted by Gasteiger charge is -2.08. The molecule has 0 aliphatic carbocycles. The van der Waals surface area contributed by atoms with Crippen LogP contribution in [0, 0.1) is 0 Å². The normalized spacial score (nSPS) is 10.3. The van der Waals surface area contributed by atoms with Crippen LogP contribution in [0.15, 0.2) is 42.6 Å². The van der Waals surface area contributed by atoms with Crippen molar-refractivity contribution in [2.45, 2.75) is 13.5 Å². The lowest BCUT2D eigenvalue weighted by molar-refractivity contribution is -0.117. The molecule has 0 bridgehead atoms. The molecular formula is C14H14N2O2. The Morgan fingerprint density at radius 3 is 2.94 bits per heavy atom. The van der Waals surface area contributed by atoms with Gasteiger partial charge in [-0.05, 0) is 13.0 Å². The molecule has 0 aliphatic rings. The van der Waals surface area contributed by atoms with E-state index in [4.69, 9.17) is 0 Å². The first-order valence-corrected chi connectivity index (χ1v) is 5.59. The molecule has 0 saturated heterocycles. The van der Waals surface area contributed by atoms with Crippen LogP contribution in [0.5, 0.6) is 5.75 Å². The molecule has 1 amide bonds. The van der Waals surface area contributed by atoms with Crippen LogP contribution < -0.4 is 5.32 Å². The largest absolute Gasteiger partial charge is 0.505 e. The summed E-state index contributed by atoms with van der Waals surface area (Å²) in [6, 6.07) is 7.32. The lowest BCUT2D eigenvalue weighted by atomic mass is 10.1. The standard InChI is InChI=1S/C14H14N2O2/c1-9(2)14(18)16-8-11-6-5-10-4-3-7-15-12(10)13(11)17/h3-7,17H,1,8H2,2H3,(H,16,18).